The Bertz CT molecular complexity index is 706. The van der Waals surface area contributed by atoms with Crippen LogP contribution in [0.5, 0.6) is 0 Å². The van der Waals surface area contributed by atoms with Gasteiger partial charge >= 0.3 is 0 Å². The minimum absolute atomic E-state index is 0. The van der Waals surface area contributed by atoms with Gasteiger partial charge in [0.1, 0.15) is 0 Å². The lowest BCUT2D eigenvalue weighted by molar-refractivity contribution is 0.181. The molecule has 32 heavy (non-hydrogen) atoms. The number of halogens is 1. The molecule has 2 saturated heterocycles. The van der Waals surface area contributed by atoms with Gasteiger partial charge in [-0.1, -0.05) is 42.5 Å². The van der Waals surface area contributed by atoms with Gasteiger partial charge in [0.2, 0.25) is 0 Å². The van der Waals surface area contributed by atoms with Crippen molar-refractivity contribution >= 4 is 29.9 Å². The van der Waals surface area contributed by atoms with E-state index in [9.17, 15) is 0 Å². The van der Waals surface area contributed by atoms with Crippen molar-refractivity contribution in [3.8, 4) is 0 Å². The molecule has 1 aromatic carbocycles. The summed E-state index contributed by atoms with van der Waals surface area (Å²) < 4.78 is 0. The highest BCUT2D eigenvalue weighted by Crippen LogP contribution is 2.22. The zero-order valence-electron chi connectivity index (χ0n) is 19.8. The van der Waals surface area contributed by atoms with Crippen molar-refractivity contribution in [1.29, 1.82) is 0 Å². The molecule has 1 aromatic rings. The molecule has 6 heteroatoms. The zero-order chi connectivity index (χ0) is 21.3. The van der Waals surface area contributed by atoms with Gasteiger partial charge in [-0.2, -0.15) is 0 Å². The first-order chi connectivity index (χ1) is 15.3. The van der Waals surface area contributed by atoms with Crippen LogP contribution >= 0.6 is 24.0 Å². The number of aliphatic imine (C=N–C) groups is 1. The van der Waals surface area contributed by atoms with E-state index in [2.05, 4.69) is 67.5 Å². The van der Waals surface area contributed by atoms with E-state index in [4.69, 9.17) is 0 Å². The molecule has 1 unspecified atom stereocenters. The highest BCUT2D eigenvalue weighted by Gasteiger charge is 2.29. The van der Waals surface area contributed by atoms with E-state index >= 15 is 0 Å². The van der Waals surface area contributed by atoms with E-state index in [0.717, 1.165) is 44.6 Å². The molecular weight excluding hydrogens is 509 g/mol. The van der Waals surface area contributed by atoms with E-state index in [1.807, 2.05) is 7.05 Å². The molecule has 0 saturated carbocycles. The Hall–Kier alpha value is -1.12. The molecule has 4 rings (SSSR count). The fourth-order valence-corrected chi connectivity index (χ4v) is 5.38. The average Bonchev–Trinajstić information content (AvgIpc) is 3.50. The number of hydrogen-bond acceptors (Lipinski definition) is 3. The highest BCUT2D eigenvalue weighted by atomic mass is 127. The lowest BCUT2D eigenvalue weighted by Gasteiger charge is -2.32. The fraction of sp³-hybridized carbons (Fsp3) is 0.654. The molecule has 1 atom stereocenters. The number of nitrogens with zero attached hydrogens (tertiary/aromatic N) is 4. The molecule has 178 valence electrons. The van der Waals surface area contributed by atoms with Crippen LogP contribution in [0.4, 0.5) is 0 Å². The minimum Gasteiger partial charge on any atom is -0.356 e. The molecule has 0 radical (unpaired) electrons. The number of unbranched alkanes of at least 4 members (excludes halogenated alkanes) is 1. The Morgan fingerprint density at radius 3 is 2.47 bits per heavy atom. The van der Waals surface area contributed by atoms with E-state index < -0.39 is 0 Å². The molecule has 1 N–H and O–H groups in total. The average molecular weight is 552 g/mol. The number of guanidine groups is 1. The second-order valence-electron chi connectivity index (χ2n) is 9.47. The van der Waals surface area contributed by atoms with Crippen LogP contribution < -0.4 is 5.32 Å². The quantitative estimate of drug-likeness (QED) is 0.175. The maximum absolute atomic E-state index is 4.55. The standard InChI is InChI=1S/C26H41N5.HI/c1-27-26(31-20-13-25(22-31)30-16-7-8-17-30)28-14-5-6-15-29-18-11-24(12-19-29)21-23-9-3-2-4-10-23;/h2-4,7-10,24-25H,5-6,11-22H2,1H3,(H,27,28);1H. The van der Waals surface area contributed by atoms with Crippen LogP contribution in [0.15, 0.2) is 47.5 Å². The Balaban J connectivity index is 0.00000289. The normalized spacial score (nSPS) is 23.0. The van der Waals surface area contributed by atoms with Gasteiger partial charge < -0.3 is 15.1 Å². The van der Waals surface area contributed by atoms with Gasteiger partial charge in [-0.25, -0.2) is 0 Å². The van der Waals surface area contributed by atoms with Gasteiger partial charge in [0.05, 0.1) is 0 Å². The number of hydrogen-bond donors (Lipinski definition) is 1. The van der Waals surface area contributed by atoms with Crippen LogP contribution in [0, 0.1) is 5.92 Å². The van der Waals surface area contributed by atoms with Gasteiger partial charge in [0.25, 0.3) is 0 Å². The van der Waals surface area contributed by atoms with Crippen LogP contribution in [0.1, 0.15) is 37.7 Å². The molecule has 0 aliphatic carbocycles. The van der Waals surface area contributed by atoms with E-state index in [0.29, 0.717) is 6.04 Å². The predicted octanol–water partition coefficient (Wildman–Crippen LogP) is 3.86. The molecule has 2 fully saturated rings. The summed E-state index contributed by atoms with van der Waals surface area (Å²) in [6, 6.07) is 11.7. The summed E-state index contributed by atoms with van der Waals surface area (Å²) in [5.74, 6) is 1.96. The fourth-order valence-electron chi connectivity index (χ4n) is 5.38. The summed E-state index contributed by atoms with van der Waals surface area (Å²) in [7, 11) is 1.92. The third-order valence-corrected chi connectivity index (χ3v) is 7.30. The van der Waals surface area contributed by atoms with Crippen LogP contribution in [-0.2, 0) is 6.42 Å². The third kappa shape index (κ3) is 7.45. The van der Waals surface area contributed by atoms with Crippen LogP contribution in [-0.4, -0.2) is 86.1 Å². The first-order valence-electron chi connectivity index (χ1n) is 12.4. The molecule has 3 aliphatic heterocycles. The monoisotopic (exact) mass is 551 g/mol. The molecule has 0 aromatic heterocycles. The summed E-state index contributed by atoms with van der Waals surface area (Å²) in [5.41, 5.74) is 1.50. The number of piperidine rings is 1. The molecule has 0 spiro atoms. The van der Waals surface area contributed by atoms with Crippen molar-refractivity contribution < 1.29 is 0 Å². The molecular formula is C26H42IN5. The van der Waals surface area contributed by atoms with Crippen molar-refractivity contribution in [1.82, 2.24) is 20.0 Å². The number of rotatable bonds is 8. The molecule has 0 amide bonds. The maximum Gasteiger partial charge on any atom is 0.193 e. The van der Waals surface area contributed by atoms with Crippen molar-refractivity contribution in [3.63, 3.8) is 0 Å². The van der Waals surface area contributed by atoms with E-state index in [-0.39, 0.29) is 24.0 Å². The number of likely N-dealkylation sites (tertiary alicyclic amines) is 2. The molecule has 5 nitrogen and oxygen atoms in total. The largest absolute Gasteiger partial charge is 0.356 e. The summed E-state index contributed by atoms with van der Waals surface area (Å²) in [6.45, 7) is 9.29. The molecule has 3 aliphatic rings. The van der Waals surface area contributed by atoms with Gasteiger partial charge in [0.15, 0.2) is 5.96 Å². The molecule has 3 heterocycles. The summed E-state index contributed by atoms with van der Waals surface area (Å²) in [6.07, 6.45) is 12.3. The van der Waals surface area contributed by atoms with E-state index in [1.54, 1.807) is 0 Å². The third-order valence-electron chi connectivity index (χ3n) is 7.30. The van der Waals surface area contributed by atoms with E-state index in [1.165, 1.54) is 63.7 Å². The lowest BCUT2D eigenvalue weighted by atomic mass is 9.90. The topological polar surface area (TPSA) is 34.1 Å². The van der Waals surface area contributed by atoms with Crippen molar-refractivity contribution in [2.75, 3.05) is 59.4 Å². The van der Waals surface area contributed by atoms with Gasteiger partial charge in [-0.05, 0) is 69.6 Å². The highest BCUT2D eigenvalue weighted by molar-refractivity contribution is 14.0. The van der Waals surface area contributed by atoms with Crippen LogP contribution in [0.2, 0.25) is 0 Å². The van der Waals surface area contributed by atoms with Crippen molar-refractivity contribution in [2.45, 2.75) is 44.6 Å². The molecule has 0 bridgehead atoms. The first-order valence-corrected chi connectivity index (χ1v) is 12.4. The Morgan fingerprint density at radius 1 is 1.00 bits per heavy atom. The smallest absolute Gasteiger partial charge is 0.193 e. The summed E-state index contributed by atoms with van der Waals surface area (Å²) in [5, 5.41) is 3.62. The summed E-state index contributed by atoms with van der Waals surface area (Å²) >= 11 is 0. The minimum atomic E-state index is 0. The Morgan fingerprint density at radius 2 is 1.75 bits per heavy atom. The SMILES string of the molecule is CN=C(NCCCCN1CCC(Cc2ccccc2)CC1)N1CCC(N2CC=CC2)C1.I. The predicted molar refractivity (Wildman–Crippen MR) is 146 cm³/mol. The Labute approximate surface area is 212 Å². The van der Waals surface area contributed by atoms with Gasteiger partial charge in [-0.15, -0.1) is 24.0 Å². The Kier molecular flexibility index (Phi) is 10.8. The van der Waals surface area contributed by atoms with Crippen LogP contribution in [0.25, 0.3) is 0 Å². The number of benzene rings is 1. The van der Waals surface area contributed by atoms with Gasteiger partial charge in [-0.3, -0.25) is 9.89 Å². The number of nitrogens with one attached hydrogen (secondary N) is 1. The van der Waals surface area contributed by atoms with Crippen molar-refractivity contribution in [2.24, 2.45) is 10.9 Å². The summed E-state index contributed by atoms with van der Waals surface area (Å²) in [4.78, 5) is 12.2. The second kappa shape index (κ2) is 13.6. The van der Waals surface area contributed by atoms with Crippen LogP contribution in [0.3, 0.4) is 0 Å². The first kappa shape index (κ1) is 25.5. The zero-order valence-corrected chi connectivity index (χ0v) is 22.1. The lowest BCUT2D eigenvalue weighted by Crippen LogP contribution is -2.43. The van der Waals surface area contributed by atoms with Gasteiger partial charge in [0, 0.05) is 45.8 Å². The van der Waals surface area contributed by atoms with Crippen molar-refractivity contribution in [3.05, 3.63) is 48.0 Å². The maximum atomic E-state index is 4.55. The second-order valence-corrected chi connectivity index (χ2v) is 9.47.